The van der Waals surface area contributed by atoms with Gasteiger partial charge in [-0.15, -0.1) is 0 Å². The normalized spacial score (nSPS) is 16.6. The van der Waals surface area contributed by atoms with Gasteiger partial charge in [-0.1, -0.05) is 30.0 Å². The molecule has 3 heterocycles. The van der Waals surface area contributed by atoms with Crippen molar-refractivity contribution in [1.29, 1.82) is 0 Å². The fraction of sp³-hybridized carbons (Fsp3) is 0.316. The summed E-state index contributed by atoms with van der Waals surface area (Å²) in [6.45, 7) is 2.64. The van der Waals surface area contributed by atoms with Gasteiger partial charge in [-0.3, -0.25) is 9.89 Å². The molecule has 0 saturated carbocycles. The molecule has 7 nitrogen and oxygen atoms in total. The van der Waals surface area contributed by atoms with Crippen molar-refractivity contribution in [2.24, 2.45) is 5.92 Å². The SMILES string of the molecule is O=C(NC[C@@H]1CCN(c2ccccc2)C1)c1ccc(CSc2ncn[nH]2)o1. The number of para-hydroxylation sites is 1. The lowest BCUT2D eigenvalue weighted by atomic mass is 10.1. The van der Waals surface area contributed by atoms with E-state index >= 15 is 0 Å². The zero-order valence-electron chi connectivity index (χ0n) is 14.8. The molecule has 4 rings (SSSR count). The van der Waals surface area contributed by atoms with Crippen molar-refractivity contribution < 1.29 is 9.21 Å². The lowest BCUT2D eigenvalue weighted by molar-refractivity contribution is 0.0919. The van der Waals surface area contributed by atoms with Crippen LogP contribution in [0.15, 0.2) is 58.4 Å². The molecule has 0 bridgehead atoms. The van der Waals surface area contributed by atoms with Crippen molar-refractivity contribution in [3.8, 4) is 0 Å². The van der Waals surface area contributed by atoms with Gasteiger partial charge in [0.25, 0.3) is 5.91 Å². The molecule has 8 heteroatoms. The third kappa shape index (κ3) is 4.51. The molecule has 1 saturated heterocycles. The van der Waals surface area contributed by atoms with Crippen LogP contribution in [-0.2, 0) is 5.75 Å². The first-order valence-electron chi connectivity index (χ1n) is 8.93. The molecular formula is C19H21N5O2S. The molecule has 1 aliphatic heterocycles. The maximum atomic E-state index is 12.3. The molecule has 1 amide bonds. The van der Waals surface area contributed by atoms with E-state index in [1.165, 1.54) is 23.8 Å². The number of aromatic amines is 1. The molecule has 0 aliphatic carbocycles. The van der Waals surface area contributed by atoms with E-state index in [1.54, 1.807) is 6.07 Å². The van der Waals surface area contributed by atoms with E-state index in [4.69, 9.17) is 4.42 Å². The van der Waals surface area contributed by atoms with Crippen LogP contribution in [0.2, 0.25) is 0 Å². The van der Waals surface area contributed by atoms with Crippen molar-refractivity contribution in [3.63, 3.8) is 0 Å². The van der Waals surface area contributed by atoms with E-state index in [0.29, 0.717) is 24.0 Å². The van der Waals surface area contributed by atoms with Gasteiger partial charge in [0.15, 0.2) is 10.9 Å². The van der Waals surface area contributed by atoms with E-state index in [-0.39, 0.29) is 5.91 Å². The highest BCUT2D eigenvalue weighted by Crippen LogP contribution is 2.23. The number of nitrogens with one attached hydrogen (secondary N) is 2. The molecule has 27 heavy (non-hydrogen) atoms. The highest BCUT2D eigenvalue weighted by molar-refractivity contribution is 7.98. The largest absolute Gasteiger partial charge is 0.455 e. The fourth-order valence-electron chi connectivity index (χ4n) is 3.18. The lowest BCUT2D eigenvalue weighted by Crippen LogP contribution is -2.30. The number of carbonyl (C=O) groups excluding carboxylic acids is 1. The van der Waals surface area contributed by atoms with Crippen LogP contribution in [0.25, 0.3) is 0 Å². The number of hydrogen-bond acceptors (Lipinski definition) is 6. The van der Waals surface area contributed by atoms with Gasteiger partial charge in [0, 0.05) is 25.3 Å². The minimum atomic E-state index is -0.163. The van der Waals surface area contributed by atoms with Crippen LogP contribution in [-0.4, -0.2) is 40.7 Å². The van der Waals surface area contributed by atoms with Crippen molar-refractivity contribution in [3.05, 3.63) is 60.3 Å². The van der Waals surface area contributed by atoms with E-state index in [2.05, 4.69) is 49.7 Å². The molecule has 0 radical (unpaired) electrons. The third-order valence-corrected chi connectivity index (χ3v) is 5.49. The van der Waals surface area contributed by atoms with E-state index in [9.17, 15) is 4.79 Å². The van der Waals surface area contributed by atoms with E-state index < -0.39 is 0 Å². The van der Waals surface area contributed by atoms with E-state index in [1.807, 2.05) is 12.1 Å². The zero-order valence-corrected chi connectivity index (χ0v) is 15.6. The highest BCUT2D eigenvalue weighted by atomic mass is 32.2. The number of anilines is 1. The Balaban J connectivity index is 1.24. The molecule has 1 aromatic carbocycles. The maximum absolute atomic E-state index is 12.3. The maximum Gasteiger partial charge on any atom is 0.287 e. The number of carbonyl (C=O) groups is 1. The molecule has 1 aliphatic rings. The molecular weight excluding hydrogens is 362 g/mol. The first kappa shape index (κ1) is 17.7. The second-order valence-electron chi connectivity index (χ2n) is 6.49. The van der Waals surface area contributed by atoms with Gasteiger partial charge < -0.3 is 14.6 Å². The predicted octanol–water partition coefficient (Wildman–Crippen LogP) is 2.95. The van der Waals surface area contributed by atoms with Crippen LogP contribution in [0.1, 0.15) is 22.7 Å². The average Bonchev–Trinajstić information content (AvgIpc) is 3.47. The topological polar surface area (TPSA) is 87.0 Å². The first-order chi connectivity index (χ1) is 13.3. The molecule has 2 N–H and O–H groups in total. The summed E-state index contributed by atoms with van der Waals surface area (Å²) in [5.74, 6) is 1.96. The number of benzene rings is 1. The molecule has 1 atom stereocenters. The number of hydrogen-bond donors (Lipinski definition) is 2. The number of aromatic nitrogens is 3. The number of rotatable bonds is 7. The van der Waals surface area contributed by atoms with Gasteiger partial charge in [0.05, 0.1) is 5.75 Å². The fourth-order valence-corrected chi connectivity index (χ4v) is 3.85. The Bertz CT molecular complexity index is 865. The molecule has 2 aromatic heterocycles. The van der Waals surface area contributed by atoms with Gasteiger partial charge in [0.2, 0.25) is 0 Å². The number of amides is 1. The summed E-state index contributed by atoms with van der Waals surface area (Å²) in [6.07, 6.45) is 2.54. The van der Waals surface area contributed by atoms with Crippen LogP contribution in [0.5, 0.6) is 0 Å². The third-order valence-electron chi connectivity index (χ3n) is 4.59. The summed E-state index contributed by atoms with van der Waals surface area (Å²) in [5.41, 5.74) is 1.24. The minimum absolute atomic E-state index is 0.163. The van der Waals surface area contributed by atoms with Crippen molar-refractivity contribution in [2.45, 2.75) is 17.3 Å². The Labute approximate surface area is 161 Å². The Morgan fingerprint density at radius 2 is 2.19 bits per heavy atom. The van der Waals surface area contributed by atoms with Gasteiger partial charge in [-0.2, -0.15) is 5.10 Å². The van der Waals surface area contributed by atoms with E-state index in [0.717, 1.165) is 30.4 Å². The molecule has 1 fully saturated rings. The van der Waals surface area contributed by atoms with Crippen LogP contribution < -0.4 is 10.2 Å². The Morgan fingerprint density at radius 3 is 3.00 bits per heavy atom. The smallest absolute Gasteiger partial charge is 0.287 e. The zero-order chi connectivity index (χ0) is 18.5. The molecule has 3 aromatic rings. The first-order valence-corrected chi connectivity index (χ1v) is 9.91. The molecule has 0 spiro atoms. The second-order valence-corrected chi connectivity index (χ2v) is 7.46. The summed E-state index contributed by atoms with van der Waals surface area (Å²) >= 11 is 1.48. The van der Waals surface area contributed by atoms with Crippen molar-refractivity contribution in [2.75, 3.05) is 24.5 Å². The summed E-state index contributed by atoms with van der Waals surface area (Å²) in [4.78, 5) is 18.8. The summed E-state index contributed by atoms with van der Waals surface area (Å²) in [6, 6.07) is 13.9. The quantitative estimate of drug-likeness (QED) is 0.610. The van der Waals surface area contributed by atoms with Crippen LogP contribution in [0, 0.1) is 5.92 Å². The summed E-state index contributed by atoms with van der Waals surface area (Å²) in [5, 5.41) is 10.3. The van der Waals surface area contributed by atoms with Crippen molar-refractivity contribution in [1.82, 2.24) is 20.5 Å². The van der Waals surface area contributed by atoms with Gasteiger partial charge in [-0.25, -0.2) is 4.98 Å². The van der Waals surface area contributed by atoms with Crippen LogP contribution in [0.4, 0.5) is 5.69 Å². The summed E-state index contributed by atoms with van der Waals surface area (Å²) < 4.78 is 5.64. The number of nitrogens with zero attached hydrogens (tertiary/aromatic N) is 3. The Morgan fingerprint density at radius 1 is 1.30 bits per heavy atom. The van der Waals surface area contributed by atoms with Gasteiger partial charge in [0.1, 0.15) is 12.1 Å². The summed E-state index contributed by atoms with van der Waals surface area (Å²) in [7, 11) is 0. The minimum Gasteiger partial charge on any atom is -0.455 e. The monoisotopic (exact) mass is 383 g/mol. The van der Waals surface area contributed by atoms with Crippen LogP contribution in [0.3, 0.4) is 0 Å². The lowest BCUT2D eigenvalue weighted by Gasteiger charge is -2.18. The standard InChI is InChI=1S/C19H21N5O2S/c25-18(17-7-6-16(26-17)12-27-19-21-13-22-23-19)20-10-14-8-9-24(11-14)15-4-2-1-3-5-15/h1-7,13-14H,8-12H2,(H,20,25)(H,21,22,23)/t14-/m0/s1. The second kappa shape index (κ2) is 8.30. The number of H-pyrrole nitrogens is 1. The van der Waals surface area contributed by atoms with Crippen LogP contribution >= 0.6 is 11.8 Å². The molecule has 140 valence electrons. The number of thioether (sulfide) groups is 1. The van der Waals surface area contributed by atoms with Gasteiger partial charge in [-0.05, 0) is 36.6 Å². The Kier molecular flexibility index (Phi) is 5.43. The average molecular weight is 383 g/mol. The number of furan rings is 1. The van der Waals surface area contributed by atoms with Gasteiger partial charge >= 0.3 is 0 Å². The predicted molar refractivity (Wildman–Crippen MR) is 104 cm³/mol. The molecule has 0 unspecified atom stereocenters. The van der Waals surface area contributed by atoms with Crippen molar-refractivity contribution >= 4 is 23.4 Å². The Hall–Kier alpha value is -2.74. The highest BCUT2D eigenvalue weighted by Gasteiger charge is 2.23.